The lowest BCUT2D eigenvalue weighted by Gasteiger charge is -2.15. The molecule has 2 nitrogen and oxygen atoms in total. The summed E-state index contributed by atoms with van der Waals surface area (Å²) in [5, 5.41) is 5.54. The second-order valence-electron chi connectivity index (χ2n) is 8.59. The van der Waals surface area contributed by atoms with Crippen LogP contribution in [0.1, 0.15) is 23.7 Å². The maximum atomic E-state index is 6.83. The molecule has 168 valence electrons. The lowest BCUT2D eigenvalue weighted by Crippen LogP contribution is -1.98. The van der Waals surface area contributed by atoms with E-state index in [0.29, 0.717) is 0 Å². The van der Waals surface area contributed by atoms with Crippen molar-refractivity contribution in [2.75, 3.05) is 5.32 Å². The number of para-hydroxylation sites is 2. The first-order valence-corrected chi connectivity index (χ1v) is 11.9. The molecule has 0 radical (unpaired) electrons. The maximum Gasteiger partial charge on any atom is 0.0652 e. The molecule has 1 heterocycles. The van der Waals surface area contributed by atoms with E-state index in [-0.39, 0.29) is 0 Å². The van der Waals surface area contributed by atoms with E-state index in [2.05, 4.69) is 127 Å². The van der Waals surface area contributed by atoms with Gasteiger partial charge < -0.3 is 9.88 Å². The first kappa shape index (κ1) is 22.1. The molecule has 0 atom stereocenters. The molecule has 1 aromatic heterocycles. The highest BCUT2D eigenvalue weighted by molar-refractivity contribution is 6.32. The molecule has 5 aromatic rings. The van der Waals surface area contributed by atoms with Crippen LogP contribution in [0.3, 0.4) is 0 Å². The van der Waals surface area contributed by atoms with Crippen LogP contribution in [-0.2, 0) is 0 Å². The largest absolute Gasteiger partial charge is 0.355 e. The molecular formula is C31H27ClN2. The van der Waals surface area contributed by atoms with Crippen molar-refractivity contribution in [1.82, 2.24) is 4.57 Å². The number of benzene rings is 4. The van der Waals surface area contributed by atoms with Crippen LogP contribution >= 0.6 is 11.6 Å². The summed E-state index contributed by atoms with van der Waals surface area (Å²) in [6, 6.07) is 31.8. The SMILES string of the molecule is C/C=C/c1ccccc1Nc1ccc(-c2ccc(-n3c(C)cc4ccccc43)c(Cl)c2)cc1C. The zero-order valence-electron chi connectivity index (χ0n) is 19.6. The van der Waals surface area contributed by atoms with Crippen molar-refractivity contribution < 1.29 is 0 Å². The van der Waals surface area contributed by atoms with Crippen molar-refractivity contribution in [3.63, 3.8) is 0 Å². The van der Waals surface area contributed by atoms with Gasteiger partial charge in [0.25, 0.3) is 0 Å². The highest BCUT2D eigenvalue weighted by Crippen LogP contribution is 2.34. The first-order chi connectivity index (χ1) is 16.5. The number of aromatic nitrogens is 1. The van der Waals surface area contributed by atoms with Crippen LogP contribution in [0.15, 0.2) is 97.1 Å². The maximum absolute atomic E-state index is 6.83. The summed E-state index contributed by atoms with van der Waals surface area (Å²) in [5.41, 5.74) is 10.1. The van der Waals surface area contributed by atoms with Gasteiger partial charge in [0.05, 0.1) is 16.2 Å². The molecule has 5 rings (SSSR count). The molecule has 0 amide bonds. The van der Waals surface area contributed by atoms with Crippen molar-refractivity contribution >= 4 is 40.0 Å². The van der Waals surface area contributed by atoms with Gasteiger partial charge in [-0.3, -0.25) is 0 Å². The fourth-order valence-corrected chi connectivity index (χ4v) is 4.81. The fourth-order valence-electron chi connectivity index (χ4n) is 4.54. The molecule has 0 aliphatic carbocycles. The predicted octanol–water partition coefficient (Wildman–Crippen LogP) is 9.34. The standard InChI is InChI=1S/C31H27ClN2/c1-4-9-23-10-5-7-12-29(23)33-28-16-14-24(18-21(28)2)25-15-17-31(27(32)20-25)34-22(3)19-26-11-6-8-13-30(26)34/h4-20,33H,1-3H3/b9-4+. The third-order valence-corrected chi connectivity index (χ3v) is 6.52. The van der Waals surface area contributed by atoms with E-state index < -0.39 is 0 Å². The molecule has 0 unspecified atom stereocenters. The Morgan fingerprint density at radius 3 is 2.29 bits per heavy atom. The molecular weight excluding hydrogens is 436 g/mol. The van der Waals surface area contributed by atoms with Crippen molar-refractivity contribution in [2.45, 2.75) is 20.8 Å². The van der Waals surface area contributed by atoms with Crippen LogP contribution in [-0.4, -0.2) is 4.57 Å². The number of halogens is 1. The third kappa shape index (κ3) is 4.13. The van der Waals surface area contributed by atoms with Gasteiger partial charge in [0.1, 0.15) is 0 Å². The molecule has 3 heteroatoms. The van der Waals surface area contributed by atoms with Gasteiger partial charge in [-0.25, -0.2) is 0 Å². The first-order valence-electron chi connectivity index (χ1n) is 11.5. The van der Waals surface area contributed by atoms with Gasteiger partial charge in [-0.1, -0.05) is 72.3 Å². The number of aryl methyl sites for hydroxylation is 2. The van der Waals surface area contributed by atoms with E-state index in [0.717, 1.165) is 33.2 Å². The number of anilines is 2. The van der Waals surface area contributed by atoms with E-state index in [4.69, 9.17) is 11.6 Å². The van der Waals surface area contributed by atoms with E-state index in [9.17, 15) is 0 Å². The van der Waals surface area contributed by atoms with Gasteiger partial charge in [-0.2, -0.15) is 0 Å². The molecule has 1 N–H and O–H groups in total. The Balaban J connectivity index is 1.47. The molecule has 0 saturated heterocycles. The highest BCUT2D eigenvalue weighted by Gasteiger charge is 2.12. The van der Waals surface area contributed by atoms with Gasteiger partial charge in [0.15, 0.2) is 0 Å². The number of allylic oxidation sites excluding steroid dienone is 1. The second kappa shape index (κ2) is 9.24. The third-order valence-electron chi connectivity index (χ3n) is 6.22. The lowest BCUT2D eigenvalue weighted by atomic mass is 10.0. The number of nitrogens with one attached hydrogen (secondary N) is 1. The van der Waals surface area contributed by atoms with Crippen molar-refractivity contribution in [3.8, 4) is 16.8 Å². The summed E-state index contributed by atoms with van der Waals surface area (Å²) in [5.74, 6) is 0. The Kier molecular flexibility index (Phi) is 6.00. The average Bonchev–Trinajstić information content (AvgIpc) is 3.17. The summed E-state index contributed by atoms with van der Waals surface area (Å²) in [6.07, 6.45) is 4.17. The van der Waals surface area contributed by atoms with Gasteiger partial charge in [-0.15, -0.1) is 0 Å². The van der Waals surface area contributed by atoms with Crippen LogP contribution in [0.4, 0.5) is 11.4 Å². The number of hydrogen-bond acceptors (Lipinski definition) is 1. The summed E-state index contributed by atoms with van der Waals surface area (Å²) in [7, 11) is 0. The molecule has 0 fully saturated rings. The van der Waals surface area contributed by atoms with E-state index >= 15 is 0 Å². The smallest absolute Gasteiger partial charge is 0.0652 e. The van der Waals surface area contributed by atoms with Crippen LogP contribution in [0.25, 0.3) is 33.8 Å². The molecule has 0 bridgehead atoms. The number of fused-ring (bicyclic) bond motifs is 1. The van der Waals surface area contributed by atoms with Crippen LogP contribution in [0.5, 0.6) is 0 Å². The Bertz CT molecular complexity index is 1520. The van der Waals surface area contributed by atoms with Crippen LogP contribution < -0.4 is 5.32 Å². The Morgan fingerprint density at radius 2 is 1.50 bits per heavy atom. The number of hydrogen-bond donors (Lipinski definition) is 1. The Morgan fingerprint density at radius 1 is 0.765 bits per heavy atom. The van der Waals surface area contributed by atoms with Crippen molar-refractivity contribution in [3.05, 3.63) is 119 Å². The molecule has 0 spiro atoms. The topological polar surface area (TPSA) is 17.0 Å². The average molecular weight is 463 g/mol. The van der Waals surface area contributed by atoms with E-state index in [1.807, 2.05) is 6.92 Å². The zero-order chi connectivity index (χ0) is 23.7. The molecule has 34 heavy (non-hydrogen) atoms. The number of nitrogens with zero attached hydrogens (tertiary/aromatic N) is 1. The quantitative estimate of drug-likeness (QED) is 0.275. The minimum atomic E-state index is 0.738. The monoisotopic (exact) mass is 462 g/mol. The number of rotatable bonds is 5. The van der Waals surface area contributed by atoms with E-state index in [1.165, 1.54) is 27.7 Å². The van der Waals surface area contributed by atoms with Crippen LogP contribution in [0, 0.1) is 13.8 Å². The summed E-state index contributed by atoms with van der Waals surface area (Å²) in [4.78, 5) is 0. The molecule has 4 aromatic carbocycles. The van der Waals surface area contributed by atoms with E-state index in [1.54, 1.807) is 0 Å². The van der Waals surface area contributed by atoms with Gasteiger partial charge in [0.2, 0.25) is 0 Å². The highest BCUT2D eigenvalue weighted by atomic mass is 35.5. The minimum Gasteiger partial charge on any atom is -0.355 e. The summed E-state index contributed by atoms with van der Waals surface area (Å²) in [6.45, 7) is 6.29. The lowest BCUT2D eigenvalue weighted by molar-refractivity contribution is 1.05. The van der Waals surface area contributed by atoms with Gasteiger partial charge in [0, 0.05) is 22.5 Å². The minimum absolute atomic E-state index is 0.738. The molecule has 0 saturated carbocycles. The Labute approximate surface area is 206 Å². The normalized spacial score (nSPS) is 11.4. The van der Waals surface area contributed by atoms with Crippen LogP contribution in [0.2, 0.25) is 5.02 Å². The van der Waals surface area contributed by atoms with Gasteiger partial charge in [-0.05, 0) is 85.5 Å². The predicted molar refractivity (Wildman–Crippen MR) is 148 cm³/mol. The molecule has 0 aliphatic heterocycles. The van der Waals surface area contributed by atoms with Crippen molar-refractivity contribution in [1.29, 1.82) is 0 Å². The molecule has 0 aliphatic rings. The Hall–Kier alpha value is -3.75. The van der Waals surface area contributed by atoms with Gasteiger partial charge >= 0.3 is 0 Å². The zero-order valence-corrected chi connectivity index (χ0v) is 20.4. The van der Waals surface area contributed by atoms with Crippen molar-refractivity contribution in [2.24, 2.45) is 0 Å². The second-order valence-corrected chi connectivity index (χ2v) is 9.00. The summed E-state index contributed by atoms with van der Waals surface area (Å²) >= 11 is 6.83. The summed E-state index contributed by atoms with van der Waals surface area (Å²) < 4.78 is 2.22. The fraction of sp³-hybridized carbons (Fsp3) is 0.0968.